The highest BCUT2D eigenvalue weighted by atomic mass is 19.4. The predicted molar refractivity (Wildman–Crippen MR) is 108 cm³/mol. The zero-order valence-corrected chi connectivity index (χ0v) is 17.2. The number of aryl methyl sites for hydroxylation is 1. The zero-order valence-electron chi connectivity index (χ0n) is 17.2. The molecule has 0 saturated heterocycles. The summed E-state index contributed by atoms with van der Waals surface area (Å²) in [6, 6.07) is 12.6. The van der Waals surface area contributed by atoms with E-state index in [0.717, 1.165) is 23.3 Å². The molecule has 4 nitrogen and oxygen atoms in total. The number of benzene rings is 2. The van der Waals surface area contributed by atoms with Gasteiger partial charge in [-0.2, -0.15) is 18.4 Å². The van der Waals surface area contributed by atoms with Crippen molar-refractivity contribution in [2.75, 3.05) is 6.54 Å². The first-order valence-corrected chi connectivity index (χ1v) is 9.71. The molecule has 0 aromatic heterocycles. The molecule has 0 bridgehead atoms. The summed E-state index contributed by atoms with van der Waals surface area (Å²) in [5, 5.41) is 11.7. The van der Waals surface area contributed by atoms with Gasteiger partial charge in [0.25, 0.3) is 5.91 Å². The highest BCUT2D eigenvalue weighted by Gasteiger charge is 2.34. The van der Waals surface area contributed by atoms with Gasteiger partial charge < -0.3 is 10.1 Å². The van der Waals surface area contributed by atoms with Gasteiger partial charge in [-0.05, 0) is 49.4 Å². The van der Waals surface area contributed by atoms with Crippen LogP contribution in [-0.2, 0) is 17.4 Å². The molecule has 7 heteroatoms. The largest absolute Gasteiger partial charge is 0.481 e. The maximum atomic E-state index is 13.2. The normalized spacial score (nSPS) is 12.3. The quantitative estimate of drug-likeness (QED) is 0.653. The van der Waals surface area contributed by atoms with Crippen molar-refractivity contribution in [3.05, 3.63) is 64.7 Å². The van der Waals surface area contributed by atoms with Crippen LogP contribution in [0.1, 0.15) is 42.5 Å². The van der Waals surface area contributed by atoms with Crippen molar-refractivity contribution in [3.63, 3.8) is 0 Å². The molecule has 30 heavy (non-hydrogen) atoms. The maximum Gasteiger partial charge on any atom is 0.417 e. The fraction of sp³-hybridized carbons (Fsp3) is 0.391. The van der Waals surface area contributed by atoms with Gasteiger partial charge in [-0.25, -0.2) is 0 Å². The van der Waals surface area contributed by atoms with Crippen LogP contribution < -0.4 is 10.1 Å². The van der Waals surface area contributed by atoms with E-state index in [4.69, 9.17) is 10.00 Å². The summed E-state index contributed by atoms with van der Waals surface area (Å²) >= 11 is 0. The van der Waals surface area contributed by atoms with Gasteiger partial charge >= 0.3 is 6.18 Å². The average molecular weight is 418 g/mol. The van der Waals surface area contributed by atoms with Gasteiger partial charge in [0.15, 0.2) is 6.10 Å². The molecule has 1 N–H and O–H groups in total. The van der Waals surface area contributed by atoms with Crippen LogP contribution in [-0.4, -0.2) is 18.6 Å². The third-order valence-corrected chi connectivity index (χ3v) is 4.51. The number of nitrogens with one attached hydrogen (secondary N) is 1. The van der Waals surface area contributed by atoms with Crippen molar-refractivity contribution in [2.24, 2.45) is 5.92 Å². The van der Waals surface area contributed by atoms with Gasteiger partial charge in [-0.3, -0.25) is 4.79 Å². The summed E-state index contributed by atoms with van der Waals surface area (Å²) in [4.78, 5) is 12.6. The van der Waals surface area contributed by atoms with Crippen LogP contribution in [0.2, 0.25) is 0 Å². The Morgan fingerprint density at radius 3 is 2.40 bits per heavy atom. The van der Waals surface area contributed by atoms with Gasteiger partial charge in [0.1, 0.15) is 5.75 Å². The van der Waals surface area contributed by atoms with Crippen molar-refractivity contribution in [1.29, 1.82) is 5.26 Å². The number of hydrogen-bond acceptors (Lipinski definition) is 3. The van der Waals surface area contributed by atoms with Crippen LogP contribution in [0, 0.1) is 24.2 Å². The zero-order chi connectivity index (χ0) is 22.3. The number of ether oxygens (including phenoxy) is 1. The summed E-state index contributed by atoms with van der Waals surface area (Å²) in [7, 11) is 0. The van der Waals surface area contributed by atoms with Crippen LogP contribution in [0.4, 0.5) is 13.2 Å². The number of rotatable bonds is 8. The molecule has 1 amide bonds. The third-order valence-electron chi connectivity index (χ3n) is 4.51. The minimum atomic E-state index is -4.69. The summed E-state index contributed by atoms with van der Waals surface area (Å²) in [6.45, 7) is 6.18. The van der Waals surface area contributed by atoms with Crippen LogP contribution in [0.5, 0.6) is 5.75 Å². The van der Waals surface area contributed by atoms with Crippen LogP contribution >= 0.6 is 0 Å². The molecule has 0 spiro atoms. The molecule has 0 saturated carbocycles. The molecule has 0 fully saturated rings. The van der Waals surface area contributed by atoms with Crippen molar-refractivity contribution < 1.29 is 22.7 Å². The molecule has 2 aromatic rings. The van der Waals surface area contributed by atoms with Crippen molar-refractivity contribution in [3.8, 4) is 11.8 Å². The number of nitriles is 1. The Bertz CT molecular complexity index is 900. The summed E-state index contributed by atoms with van der Waals surface area (Å²) < 4.78 is 45.2. The number of alkyl halides is 3. The molecule has 1 atom stereocenters. The number of nitrogens with zero attached hydrogens (tertiary/aromatic N) is 1. The lowest BCUT2D eigenvalue weighted by Gasteiger charge is -2.21. The van der Waals surface area contributed by atoms with Crippen LogP contribution in [0.15, 0.2) is 42.5 Å². The number of carbonyl (C=O) groups excluding carboxylic acids is 1. The third kappa shape index (κ3) is 6.80. The van der Waals surface area contributed by atoms with Gasteiger partial charge in [-0.1, -0.05) is 43.7 Å². The summed E-state index contributed by atoms with van der Waals surface area (Å²) in [6.07, 6.45) is -4.64. The molecule has 160 valence electrons. The number of amides is 1. The van der Waals surface area contributed by atoms with E-state index in [0.29, 0.717) is 19.4 Å². The van der Waals surface area contributed by atoms with E-state index in [1.54, 1.807) is 0 Å². The van der Waals surface area contributed by atoms with E-state index >= 15 is 0 Å². The number of carbonyl (C=O) groups is 1. The molecule has 0 radical (unpaired) electrons. The Morgan fingerprint density at radius 2 is 1.83 bits per heavy atom. The Hall–Kier alpha value is -3.01. The highest BCUT2D eigenvalue weighted by molar-refractivity contribution is 5.81. The number of hydrogen-bond donors (Lipinski definition) is 1. The molecule has 2 rings (SSSR count). The van der Waals surface area contributed by atoms with E-state index in [9.17, 15) is 18.0 Å². The number of halogens is 3. The molecular weight excluding hydrogens is 393 g/mol. The minimum Gasteiger partial charge on any atom is -0.481 e. The van der Waals surface area contributed by atoms with Crippen molar-refractivity contribution in [1.82, 2.24) is 5.32 Å². The topological polar surface area (TPSA) is 62.1 Å². The lowest BCUT2D eigenvalue weighted by atomic mass is 10.0. The fourth-order valence-electron chi connectivity index (χ4n) is 2.93. The smallest absolute Gasteiger partial charge is 0.417 e. The fourth-order valence-corrected chi connectivity index (χ4v) is 2.93. The molecule has 1 unspecified atom stereocenters. The van der Waals surface area contributed by atoms with E-state index in [1.165, 1.54) is 12.1 Å². The van der Waals surface area contributed by atoms with Crippen molar-refractivity contribution in [2.45, 2.75) is 45.9 Å². The van der Waals surface area contributed by atoms with E-state index in [-0.39, 0.29) is 17.6 Å². The van der Waals surface area contributed by atoms with Gasteiger partial charge in [0.2, 0.25) is 0 Å². The second-order valence-electron chi connectivity index (χ2n) is 7.58. The summed E-state index contributed by atoms with van der Waals surface area (Å²) in [5.74, 6) is -0.382. The van der Waals surface area contributed by atoms with Crippen LogP contribution in [0.3, 0.4) is 0 Å². The standard InChI is InChI=1S/C23H25F3N2O2/c1-15(2)12-21(22(29)28-11-10-17-6-4-16(3)5-7-17)30-19-9-8-18(14-27)20(13-19)23(24,25)26/h4-9,13,15,21H,10-12H2,1-3H3,(H,28,29). The predicted octanol–water partition coefficient (Wildman–Crippen LogP) is 5.04. The minimum absolute atomic E-state index is 0.0957. The Balaban J connectivity index is 2.08. The molecular formula is C23H25F3N2O2. The summed E-state index contributed by atoms with van der Waals surface area (Å²) in [5.41, 5.74) is 0.654. The first kappa shape index (κ1) is 23.3. The van der Waals surface area contributed by atoms with Crippen molar-refractivity contribution >= 4 is 5.91 Å². The van der Waals surface area contributed by atoms with Gasteiger partial charge in [0, 0.05) is 6.54 Å². The molecule has 0 heterocycles. The van der Waals surface area contributed by atoms with E-state index in [2.05, 4.69) is 5.32 Å². The molecule has 0 aliphatic rings. The second kappa shape index (κ2) is 10.1. The first-order chi connectivity index (χ1) is 14.1. The SMILES string of the molecule is Cc1ccc(CCNC(=O)C(CC(C)C)Oc2ccc(C#N)c(C(F)(F)F)c2)cc1. The van der Waals surface area contributed by atoms with Gasteiger partial charge in [-0.15, -0.1) is 0 Å². The molecule has 0 aliphatic carbocycles. The van der Waals surface area contributed by atoms with Gasteiger partial charge in [0.05, 0.1) is 17.2 Å². The Labute approximate surface area is 174 Å². The molecule has 0 aliphatic heterocycles. The highest BCUT2D eigenvalue weighted by Crippen LogP contribution is 2.34. The van der Waals surface area contributed by atoms with Crippen LogP contribution in [0.25, 0.3) is 0 Å². The second-order valence-corrected chi connectivity index (χ2v) is 7.58. The first-order valence-electron chi connectivity index (χ1n) is 9.71. The average Bonchev–Trinajstić information content (AvgIpc) is 2.68. The maximum absolute atomic E-state index is 13.2. The van der Waals surface area contributed by atoms with E-state index in [1.807, 2.05) is 45.0 Å². The van der Waals surface area contributed by atoms with E-state index < -0.39 is 23.4 Å². The monoisotopic (exact) mass is 418 g/mol. The Kier molecular flexibility index (Phi) is 7.87. The Morgan fingerprint density at radius 1 is 1.17 bits per heavy atom. The lowest BCUT2D eigenvalue weighted by molar-refractivity contribution is -0.137. The lowest BCUT2D eigenvalue weighted by Crippen LogP contribution is -2.40. The molecule has 2 aromatic carbocycles.